The van der Waals surface area contributed by atoms with Crippen LogP contribution >= 0.6 is 0 Å². The Bertz CT molecular complexity index is 404. The number of hydrogen-bond donors (Lipinski definition) is 0. The average Bonchev–Trinajstić information content (AvgIpc) is 2.87. The maximum atomic E-state index is 11.8. The molecule has 3 fully saturated rings. The lowest BCUT2D eigenvalue weighted by Crippen LogP contribution is -2.47. The first-order valence-corrected chi connectivity index (χ1v) is 8.17. The van der Waals surface area contributed by atoms with Crippen LogP contribution in [0.25, 0.3) is 0 Å². The van der Waals surface area contributed by atoms with E-state index in [4.69, 9.17) is 4.74 Å². The molecule has 19 heavy (non-hydrogen) atoms. The Morgan fingerprint density at radius 3 is 2.53 bits per heavy atom. The van der Waals surface area contributed by atoms with Gasteiger partial charge < -0.3 is 4.74 Å². The molecule has 0 aromatic rings. The van der Waals surface area contributed by atoms with Crippen molar-refractivity contribution in [3.63, 3.8) is 0 Å². The van der Waals surface area contributed by atoms with E-state index in [-0.39, 0.29) is 17.0 Å². The van der Waals surface area contributed by atoms with Gasteiger partial charge in [-0.1, -0.05) is 27.2 Å². The Morgan fingerprint density at radius 2 is 2.00 bits per heavy atom. The summed E-state index contributed by atoms with van der Waals surface area (Å²) >= 11 is 0. The number of ether oxygens (including phenoxy) is 1. The normalized spacial score (nSPS) is 45.7. The molecule has 0 saturated heterocycles. The Labute approximate surface area is 117 Å². The highest BCUT2D eigenvalue weighted by Crippen LogP contribution is 2.82. The molecule has 2 heteroatoms. The van der Waals surface area contributed by atoms with E-state index in [1.54, 1.807) is 0 Å². The van der Waals surface area contributed by atoms with Gasteiger partial charge in [-0.3, -0.25) is 4.79 Å². The van der Waals surface area contributed by atoms with Crippen LogP contribution in [0.15, 0.2) is 0 Å². The molecule has 0 aliphatic heterocycles. The summed E-state index contributed by atoms with van der Waals surface area (Å²) in [6.45, 7) is 8.63. The number of carbonyl (C=O) groups is 1. The van der Waals surface area contributed by atoms with Crippen molar-refractivity contribution in [1.29, 1.82) is 0 Å². The van der Waals surface area contributed by atoms with Crippen molar-refractivity contribution in [1.82, 2.24) is 0 Å². The van der Waals surface area contributed by atoms with Crippen LogP contribution in [0.3, 0.4) is 0 Å². The number of rotatable bonds is 5. The number of esters is 1. The molecule has 0 radical (unpaired) electrons. The molecular formula is C17H28O2. The first-order chi connectivity index (χ1) is 8.95. The third kappa shape index (κ3) is 1.58. The zero-order valence-electron chi connectivity index (χ0n) is 12.9. The summed E-state index contributed by atoms with van der Waals surface area (Å²) in [4.78, 5) is 11.8. The molecule has 3 aliphatic carbocycles. The average molecular weight is 264 g/mol. The summed E-state index contributed by atoms with van der Waals surface area (Å²) in [5, 5.41) is 0. The summed E-state index contributed by atoms with van der Waals surface area (Å²) < 4.78 is 5.96. The second-order valence-electron chi connectivity index (χ2n) is 7.52. The van der Waals surface area contributed by atoms with Crippen LogP contribution < -0.4 is 0 Å². The quantitative estimate of drug-likeness (QED) is 0.691. The van der Waals surface area contributed by atoms with Gasteiger partial charge in [-0.2, -0.15) is 0 Å². The van der Waals surface area contributed by atoms with Gasteiger partial charge in [-0.15, -0.1) is 0 Å². The topological polar surface area (TPSA) is 26.3 Å². The smallest absolute Gasteiger partial charge is 0.306 e. The van der Waals surface area contributed by atoms with Gasteiger partial charge >= 0.3 is 5.97 Å². The van der Waals surface area contributed by atoms with Crippen LogP contribution in [0.5, 0.6) is 0 Å². The summed E-state index contributed by atoms with van der Waals surface area (Å²) in [6, 6.07) is 0. The van der Waals surface area contributed by atoms with Crippen LogP contribution in [0.2, 0.25) is 0 Å². The van der Waals surface area contributed by atoms with Gasteiger partial charge in [-0.05, 0) is 56.3 Å². The first-order valence-electron chi connectivity index (χ1n) is 8.17. The van der Waals surface area contributed by atoms with Crippen LogP contribution in [-0.2, 0) is 9.53 Å². The van der Waals surface area contributed by atoms with Gasteiger partial charge in [-0.25, -0.2) is 0 Å². The minimum atomic E-state index is -0.232. The van der Waals surface area contributed by atoms with E-state index in [0.717, 1.165) is 18.3 Å². The van der Waals surface area contributed by atoms with Crippen molar-refractivity contribution < 1.29 is 9.53 Å². The predicted molar refractivity (Wildman–Crippen MR) is 75.7 cm³/mol. The van der Waals surface area contributed by atoms with Crippen LogP contribution in [0, 0.1) is 22.7 Å². The number of hydrogen-bond acceptors (Lipinski definition) is 2. The number of carbonyl (C=O) groups excluding carboxylic acids is 1. The summed E-state index contributed by atoms with van der Waals surface area (Å²) in [5.74, 6) is 1.81. The van der Waals surface area contributed by atoms with E-state index in [0.29, 0.717) is 11.8 Å². The van der Waals surface area contributed by atoms with Crippen LogP contribution in [0.1, 0.15) is 72.6 Å². The van der Waals surface area contributed by atoms with Crippen molar-refractivity contribution in [3.8, 4) is 0 Å². The largest absolute Gasteiger partial charge is 0.459 e. The van der Waals surface area contributed by atoms with E-state index in [9.17, 15) is 4.79 Å². The maximum absolute atomic E-state index is 11.8. The highest BCUT2D eigenvalue weighted by molar-refractivity contribution is 5.69. The predicted octanol–water partition coefficient (Wildman–Crippen LogP) is 4.32. The molecule has 3 aliphatic rings. The molecule has 3 rings (SSSR count). The molecule has 1 spiro atoms. The fraction of sp³-hybridized carbons (Fsp3) is 0.941. The molecule has 0 aromatic heterocycles. The van der Waals surface area contributed by atoms with Crippen LogP contribution in [0.4, 0.5) is 0 Å². The van der Waals surface area contributed by atoms with E-state index < -0.39 is 0 Å². The van der Waals surface area contributed by atoms with Gasteiger partial charge in [0.2, 0.25) is 0 Å². The third-order valence-electron chi connectivity index (χ3n) is 6.95. The third-order valence-corrected chi connectivity index (χ3v) is 6.95. The van der Waals surface area contributed by atoms with E-state index in [1.807, 2.05) is 6.92 Å². The molecule has 108 valence electrons. The summed E-state index contributed by atoms with van der Waals surface area (Å²) in [6.07, 6.45) is 8.14. The fourth-order valence-corrected chi connectivity index (χ4v) is 5.59. The Morgan fingerprint density at radius 1 is 1.26 bits per heavy atom. The molecule has 2 nitrogen and oxygen atoms in total. The standard InChI is InChI=1S/C17H28O2/c1-5-12-8-16(9-13-10-17(12,13)11-16)15(4,7-3)19-14(18)6-2/h12-13H,5-11H2,1-4H3. The summed E-state index contributed by atoms with van der Waals surface area (Å²) in [7, 11) is 0. The lowest BCUT2D eigenvalue weighted by molar-refractivity contribution is -0.175. The number of fused-ring (bicyclic) bond motifs is 1. The first kappa shape index (κ1) is 13.5. The van der Waals surface area contributed by atoms with Crippen molar-refractivity contribution >= 4 is 5.97 Å². The maximum Gasteiger partial charge on any atom is 0.306 e. The lowest BCUT2D eigenvalue weighted by atomic mass is 9.67. The SMILES string of the molecule is CCC(=O)OC(C)(CC)C12CC(CC)C3(CC3C1)C2. The van der Waals surface area contributed by atoms with E-state index in [1.165, 1.54) is 32.1 Å². The van der Waals surface area contributed by atoms with Gasteiger partial charge in [0.25, 0.3) is 0 Å². The van der Waals surface area contributed by atoms with Gasteiger partial charge in [0.1, 0.15) is 5.60 Å². The Kier molecular flexibility index (Phi) is 2.82. The highest BCUT2D eigenvalue weighted by Gasteiger charge is 2.76. The molecule has 3 saturated carbocycles. The monoisotopic (exact) mass is 264 g/mol. The van der Waals surface area contributed by atoms with Crippen molar-refractivity contribution in [2.75, 3.05) is 0 Å². The Hall–Kier alpha value is -0.530. The lowest BCUT2D eigenvalue weighted by Gasteiger charge is -2.45. The molecule has 5 unspecified atom stereocenters. The molecule has 0 amide bonds. The Balaban J connectivity index is 1.86. The van der Waals surface area contributed by atoms with Crippen LogP contribution in [-0.4, -0.2) is 11.6 Å². The van der Waals surface area contributed by atoms with Crippen molar-refractivity contribution in [2.45, 2.75) is 78.2 Å². The second kappa shape index (κ2) is 3.99. The van der Waals surface area contributed by atoms with Gasteiger partial charge in [0.15, 0.2) is 0 Å². The summed E-state index contributed by atoms with van der Waals surface area (Å²) in [5.41, 5.74) is 0.713. The van der Waals surface area contributed by atoms with Gasteiger partial charge in [0.05, 0.1) is 0 Å². The molecule has 2 bridgehead atoms. The highest BCUT2D eigenvalue weighted by atomic mass is 16.6. The molecule has 0 heterocycles. The van der Waals surface area contributed by atoms with Gasteiger partial charge in [0, 0.05) is 11.8 Å². The fourth-order valence-electron chi connectivity index (χ4n) is 5.59. The second-order valence-corrected chi connectivity index (χ2v) is 7.52. The zero-order valence-corrected chi connectivity index (χ0v) is 12.9. The molecule has 0 aromatic carbocycles. The molecule has 5 atom stereocenters. The van der Waals surface area contributed by atoms with E-state index in [2.05, 4.69) is 20.8 Å². The van der Waals surface area contributed by atoms with E-state index >= 15 is 0 Å². The molecular weight excluding hydrogens is 236 g/mol. The van der Waals surface area contributed by atoms with Crippen molar-refractivity contribution in [3.05, 3.63) is 0 Å². The molecule has 0 N–H and O–H groups in total. The zero-order chi connectivity index (χ0) is 13.9. The van der Waals surface area contributed by atoms with Crippen molar-refractivity contribution in [2.24, 2.45) is 22.7 Å². The minimum Gasteiger partial charge on any atom is -0.459 e. The minimum absolute atomic E-state index is 0.0201.